The Labute approximate surface area is 111 Å². The number of thiophene rings is 1. The molecule has 3 nitrogen and oxygen atoms in total. The van der Waals surface area contributed by atoms with Crippen molar-refractivity contribution in [3.63, 3.8) is 0 Å². The zero-order valence-corrected chi connectivity index (χ0v) is 11.9. The Hall–Kier alpha value is -1.17. The summed E-state index contributed by atoms with van der Waals surface area (Å²) in [5.74, 6) is 0. The van der Waals surface area contributed by atoms with Crippen LogP contribution in [-0.4, -0.2) is 14.7 Å². The Bertz CT molecular complexity index is 659. The maximum absolute atomic E-state index is 11.5. The molecule has 1 aromatic carbocycles. The number of hydrogen-bond acceptors (Lipinski definition) is 4. The average Bonchev–Trinajstić information content (AvgIpc) is 2.74. The minimum Gasteiger partial charge on any atom is -0.320 e. The smallest absolute Gasteiger partial charge is 0.175 e. The molecule has 2 rings (SSSR count). The van der Waals surface area contributed by atoms with Crippen molar-refractivity contribution >= 4 is 21.2 Å². The maximum atomic E-state index is 11.5. The second-order valence-electron chi connectivity index (χ2n) is 4.31. The lowest BCUT2D eigenvalue weighted by atomic mass is 10.0. The van der Waals surface area contributed by atoms with E-state index in [1.807, 2.05) is 24.4 Å². The Morgan fingerprint density at radius 3 is 2.50 bits per heavy atom. The first-order valence-electron chi connectivity index (χ1n) is 5.48. The van der Waals surface area contributed by atoms with Gasteiger partial charge in [0.05, 0.1) is 10.9 Å². The largest absolute Gasteiger partial charge is 0.320 e. The molecule has 0 aliphatic heterocycles. The van der Waals surface area contributed by atoms with Gasteiger partial charge in [0.2, 0.25) is 0 Å². The average molecular weight is 281 g/mol. The predicted octanol–water partition coefficient (Wildman–Crippen LogP) is 2.51. The van der Waals surface area contributed by atoms with Gasteiger partial charge in [0.15, 0.2) is 9.84 Å². The number of hydrogen-bond donors (Lipinski definition) is 1. The normalized spacial score (nSPS) is 13.5. The Kier molecular flexibility index (Phi) is 3.56. The van der Waals surface area contributed by atoms with Gasteiger partial charge in [-0.2, -0.15) is 0 Å². The fourth-order valence-electron chi connectivity index (χ4n) is 1.76. The molecule has 5 heteroatoms. The zero-order valence-electron chi connectivity index (χ0n) is 10.3. The highest BCUT2D eigenvalue weighted by Crippen LogP contribution is 2.25. The molecule has 0 aliphatic carbocycles. The fourth-order valence-corrected chi connectivity index (χ4v) is 3.17. The first-order chi connectivity index (χ1) is 8.38. The molecule has 0 aliphatic rings. The number of aryl methyl sites for hydroxylation is 1. The summed E-state index contributed by atoms with van der Waals surface area (Å²) in [6, 6.07) is 8.56. The lowest BCUT2D eigenvalue weighted by Gasteiger charge is -2.11. The first kappa shape index (κ1) is 13.3. The van der Waals surface area contributed by atoms with Crippen LogP contribution < -0.4 is 5.73 Å². The van der Waals surface area contributed by atoms with E-state index in [9.17, 15) is 8.42 Å². The van der Waals surface area contributed by atoms with E-state index in [2.05, 4.69) is 0 Å². The molecule has 1 heterocycles. The van der Waals surface area contributed by atoms with Gasteiger partial charge in [0.25, 0.3) is 0 Å². The highest BCUT2D eigenvalue weighted by Gasteiger charge is 2.13. The predicted molar refractivity (Wildman–Crippen MR) is 74.6 cm³/mol. The van der Waals surface area contributed by atoms with E-state index >= 15 is 0 Å². The second kappa shape index (κ2) is 4.84. The molecule has 96 valence electrons. The van der Waals surface area contributed by atoms with Gasteiger partial charge < -0.3 is 5.73 Å². The van der Waals surface area contributed by atoms with Gasteiger partial charge >= 0.3 is 0 Å². The molecule has 2 N–H and O–H groups in total. The molecule has 1 atom stereocenters. The van der Waals surface area contributed by atoms with Gasteiger partial charge in [-0.1, -0.05) is 12.1 Å². The summed E-state index contributed by atoms with van der Waals surface area (Å²) in [5.41, 5.74) is 7.99. The highest BCUT2D eigenvalue weighted by molar-refractivity contribution is 7.90. The molecule has 0 bridgehead atoms. The number of rotatable bonds is 3. The van der Waals surface area contributed by atoms with Crippen LogP contribution in [0.2, 0.25) is 0 Å². The van der Waals surface area contributed by atoms with Gasteiger partial charge in [-0.05, 0) is 41.6 Å². The second-order valence-corrected chi connectivity index (χ2v) is 7.44. The maximum Gasteiger partial charge on any atom is 0.175 e. The number of nitrogens with two attached hydrogens (primary N) is 1. The first-order valence-corrected chi connectivity index (χ1v) is 8.25. The Morgan fingerprint density at radius 2 is 1.94 bits per heavy atom. The molecule has 0 radical (unpaired) electrons. The van der Waals surface area contributed by atoms with Gasteiger partial charge in [-0.25, -0.2) is 8.42 Å². The van der Waals surface area contributed by atoms with Crippen LogP contribution >= 0.6 is 11.3 Å². The third kappa shape index (κ3) is 2.80. The van der Waals surface area contributed by atoms with E-state index in [1.165, 1.54) is 11.1 Å². The standard InChI is InChI=1S/C13H15NO2S2/c1-9-6-11(8-17-9)13(14)10-4-3-5-12(7-10)18(2,15)16/h3-8,13H,14H2,1-2H3. The van der Waals surface area contributed by atoms with Gasteiger partial charge in [0, 0.05) is 11.1 Å². The lowest BCUT2D eigenvalue weighted by Crippen LogP contribution is -2.11. The molecule has 2 aromatic rings. The Morgan fingerprint density at radius 1 is 1.22 bits per heavy atom. The van der Waals surface area contributed by atoms with E-state index in [1.54, 1.807) is 29.5 Å². The van der Waals surface area contributed by atoms with E-state index in [0.29, 0.717) is 4.90 Å². The molecular formula is C13H15NO2S2. The van der Waals surface area contributed by atoms with E-state index in [-0.39, 0.29) is 6.04 Å². The quantitative estimate of drug-likeness (QED) is 0.940. The van der Waals surface area contributed by atoms with Crippen molar-refractivity contribution in [1.29, 1.82) is 0 Å². The molecule has 0 amide bonds. The van der Waals surface area contributed by atoms with Gasteiger partial charge in [-0.15, -0.1) is 11.3 Å². The van der Waals surface area contributed by atoms with Crippen LogP contribution in [0, 0.1) is 6.92 Å². The summed E-state index contributed by atoms with van der Waals surface area (Å²) in [4.78, 5) is 1.50. The molecule has 0 spiro atoms. The minimum atomic E-state index is -3.19. The fraction of sp³-hybridized carbons (Fsp3) is 0.231. The van der Waals surface area contributed by atoms with Gasteiger partial charge in [-0.3, -0.25) is 0 Å². The highest BCUT2D eigenvalue weighted by atomic mass is 32.2. The molecule has 0 saturated heterocycles. The van der Waals surface area contributed by atoms with Crippen LogP contribution in [0.4, 0.5) is 0 Å². The SMILES string of the molecule is Cc1cc(C(N)c2cccc(S(C)(=O)=O)c2)cs1. The van der Waals surface area contributed by atoms with Crippen LogP contribution in [0.1, 0.15) is 22.0 Å². The van der Waals surface area contributed by atoms with Crippen molar-refractivity contribution in [3.05, 3.63) is 51.7 Å². The summed E-state index contributed by atoms with van der Waals surface area (Å²) in [7, 11) is -3.19. The molecular weight excluding hydrogens is 266 g/mol. The summed E-state index contributed by atoms with van der Waals surface area (Å²) in [6.07, 6.45) is 1.20. The van der Waals surface area contributed by atoms with Crippen molar-refractivity contribution in [3.8, 4) is 0 Å². The van der Waals surface area contributed by atoms with Crippen LogP contribution in [0.5, 0.6) is 0 Å². The van der Waals surface area contributed by atoms with Crippen molar-refractivity contribution in [2.45, 2.75) is 17.9 Å². The summed E-state index contributed by atoms with van der Waals surface area (Å²) in [6.45, 7) is 2.02. The van der Waals surface area contributed by atoms with E-state index < -0.39 is 9.84 Å². The van der Waals surface area contributed by atoms with Crippen LogP contribution in [0.25, 0.3) is 0 Å². The van der Waals surface area contributed by atoms with E-state index in [4.69, 9.17) is 5.73 Å². The third-order valence-electron chi connectivity index (χ3n) is 2.76. The van der Waals surface area contributed by atoms with Crippen molar-refractivity contribution < 1.29 is 8.42 Å². The summed E-state index contributed by atoms with van der Waals surface area (Å²) in [5, 5.41) is 2.01. The van der Waals surface area contributed by atoms with Crippen LogP contribution in [-0.2, 0) is 9.84 Å². The van der Waals surface area contributed by atoms with Crippen molar-refractivity contribution in [2.75, 3.05) is 6.26 Å². The third-order valence-corrected chi connectivity index (χ3v) is 4.75. The van der Waals surface area contributed by atoms with Crippen LogP contribution in [0.3, 0.4) is 0 Å². The molecule has 0 saturated carbocycles. The lowest BCUT2D eigenvalue weighted by molar-refractivity contribution is 0.601. The molecule has 1 aromatic heterocycles. The van der Waals surface area contributed by atoms with E-state index in [0.717, 1.165) is 11.1 Å². The van der Waals surface area contributed by atoms with Crippen molar-refractivity contribution in [1.82, 2.24) is 0 Å². The van der Waals surface area contributed by atoms with Crippen LogP contribution in [0.15, 0.2) is 40.6 Å². The van der Waals surface area contributed by atoms with Crippen molar-refractivity contribution in [2.24, 2.45) is 5.73 Å². The van der Waals surface area contributed by atoms with Gasteiger partial charge in [0.1, 0.15) is 0 Å². The summed E-state index contributed by atoms with van der Waals surface area (Å²) < 4.78 is 23.0. The minimum absolute atomic E-state index is 0.281. The monoisotopic (exact) mass is 281 g/mol. The number of benzene rings is 1. The molecule has 18 heavy (non-hydrogen) atoms. The number of sulfone groups is 1. The zero-order chi connectivity index (χ0) is 13.3. The molecule has 1 unspecified atom stereocenters. The Balaban J connectivity index is 2.40. The summed E-state index contributed by atoms with van der Waals surface area (Å²) >= 11 is 1.64. The molecule has 0 fully saturated rings. The topological polar surface area (TPSA) is 60.2 Å².